The number of ether oxygens (including phenoxy) is 5. The minimum absolute atomic E-state index is 0.0813. The van der Waals surface area contributed by atoms with Crippen molar-refractivity contribution in [2.24, 2.45) is 0 Å². The lowest BCUT2D eigenvalue weighted by Gasteiger charge is -2.21. The molecule has 0 spiro atoms. The van der Waals surface area contributed by atoms with Crippen LogP contribution in [0.2, 0.25) is 0 Å². The SMILES string of the molecule is CC[C@H]1O[C@@H](n2cnc3c(OCCCCOC(C)=O)ncnc32)C(OC)[C@H]1OC. The third-order valence-corrected chi connectivity index (χ3v) is 4.91. The molecule has 1 fully saturated rings. The summed E-state index contributed by atoms with van der Waals surface area (Å²) < 4.78 is 30.0. The maximum atomic E-state index is 10.8. The van der Waals surface area contributed by atoms with Crippen molar-refractivity contribution in [2.45, 2.75) is 57.6 Å². The van der Waals surface area contributed by atoms with Gasteiger partial charge in [0.05, 0.1) is 25.6 Å². The molecular formula is C19H28N4O6. The second-order valence-corrected chi connectivity index (χ2v) is 6.77. The van der Waals surface area contributed by atoms with E-state index in [9.17, 15) is 4.79 Å². The molecule has 1 unspecified atom stereocenters. The van der Waals surface area contributed by atoms with E-state index < -0.39 is 6.23 Å². The molecule has 0 saturated carbocycles. The van der Waals surface area contributed by atoms with Crippen LogP contribution in [0.25, 0.3) is 11.2 Å². The number of aromatic nitrogens is 4. The topological polar surface area (TPSA) is 107 Å². The van der Waals surface area contributed by atoms with Crippen LogP contribution in [0.5, 0.6) is 5.88 Å². The third kappa shape index (κ3) is 4.65. The average molecular weight is 408 g/mol. The van der Waals surface area contributed by atoms with Gasteiger partial charge in [-0.25, -0.2) is 9.97 Å². The fourth-order valence-electron chi connectivity index (χ4n) is 3.51. The summed E-state index contributed by atoms with van der Waals surface area (Å²) in [6.07, 6.45) is 4.39. The van der Waals surface area contributed by atoms with E-state index in [1.54, 1.807) is 20.5 Å². The number of imidazole rings is 1. The van der Waals surface area contributed by atoms with Crippen molar-refractivity contribution in [1.29, 1.82) is 0 Å². The Morgan fingerprint density at radius 2 is 1.90 bits per heavy atom. The zero-order valence-corrected chi connectivity index (χ0v) is 17.2. The average Bonchev–Trinajstić information content (AvgIpc) is 3.30. The molecule has 0 aliphatic carbocycles. The summed E-state index contributed by atoms with van der Waals surface area (Å²) in [4.78, 5) is 23.8. The van der Waals surface area contributed by atoms with Crippen LogP contribution in [0, 0.1) is 0 Å². The highest BCUT2D eigenvalue weighted by Crippen LogP contribution is 2.36. The number of unbranched alkanes of at least 4 members (excludes halogenated alkanes) is 1. The molecule has 0 bridgehead atoms. The smallest absolute Gasteiger partial charge is 0.302 e. The van der Waals surface area contributed by atoms with Crippen LogP contribution < -0.4 is 4.74 Å². The Bertz CT molecular complexity index is 813. The van der Waals surface area contributed by atoms with E-state index in [-0.39, 0.29) is 24.3 Å². The molecular weight excluding hydrogens is 380 g/mol. The lowest BCUT2D eigenvalue weighted by Crippen LogP contribution is -2.34. The van der Waals surface area contributed by atoms with Crippen LogP contribution >= 0.6 is 0 Å². The van der Waals surface area contributed by atoms with Crippen LogP contribution in [0.1, 0.15) is 39.3 Å². The second kappa shape index (κ2) is 9.95. The van der Waals surface area contributed by atoms with E-state index in [1.807, 2.05) is 11.5 Å². The minimum atomic E-state index is -0.411. The van der Waals surface area contributed by atoms with Gasteiger partial charge >= 0.3 is 5.97 Å². The largest absolute Gasteiger partial charge is 0.476 e. The zero-order valence-electron chi connectivity index (χ0n) is 17.2. The van der Waals surface area contributed by atoms with E-state index in [2.05, 4.69) is 15.0 Å². The van der Waals surface area contributed by atoms with Crippen molar-refractivity contribution in [3.63, 3.8) is 0 Å². The van der Waals surface area contributed by atoms with Crippen LogP contribution in [0.4, 0.5) is 0 Å². The number of esters is 1. The number of hydrogen-bond acceptors (Lipinski definition) is 9. The Hall–Kier alpha value is -2.30. The molecule has 160 valence electrons. The lowest BCUT2D eigenvalue weighted by molar-refractivity contribution is -0.141. The van der Waals surface area contributed by atoms with E-state index in [1.165, 1.54) is 13.3 Å². The van der Waals surface area contributed by atoms with Gasteiger partial charge in [-0.05, 0) is 19.3 Å². The predicted molar refractivity (Wildman–Crippen MR) is 102 cm³/mol. The molecule has 2 aromatic heterocycles. The predicted octanol–water partition coefficient (Wildman–Crippen LogP) is 1.89. The molecule has 3 heterocycles. The first-order valence-electron chi connectivity index (χ1n) is 9.75. The van der Waals surface area contributed by atoms with Gasteiger partial charge in [0, 0.05) is 21.1 Å². The minimum Gasteiger partial charge on any atom is -0.476 e. The fraction of sp³-hybridized carbons (Fsp3) is 0.684. The first-order chi connectivity index (χ1) is 14.1. The molecule has 1 saturated heterocycles. The Kier molecular flexibility index (Phi) is 7.34. The summed E-state index contributed by atoms with van der Waals surface area (Å²) in [5.41, 5.74) is 1.16. The molecule has 0 radical (unpaired) electrons. The van der Waals surface area contributed by atoms with Crippen molar-refractivity contribution in [3.05, 3.63) is 12.7 Å². The number of carbonyl (C=O) groups is 1. The van der Waals surface area contributed by atoms with Gasteiger partial charge in [0.15, 0.2) is 17.4 Å². The van der Waals surface area contributed by atoms with Crippen molar-refractivity contribution < 1.29 is 28.5 Å². The van der Waals surface area contributed by atoms with Crippen molar-refractivity contribution in [1.82, 2.24) is 19.5 Å². The van der Waals surface area contributed by atoms with Gasteiger partial charge in [0.25, 0.3) is 0 Å². The number of rotatable bonds is 10. The monoisotopic (exact) mass is 408 g/mol. The van der Waals surface area contributed by atoms with Gasteiger partial charge in [-0.1, -0.05) is 6.92 Å². The highest BCUT2D eigenvalue weighted by molar-refractivity contribution is 5.76. The molecule has 0 N–H and O–H groups in total. The zero-order chi connectivity index (χ0) is 20.8. The summed E-state index contributed by atoms with van der Waals surface area (Å²) in [5.74, 6) is 0.127. The van der Waals surface area contributed by atoms with Crippen LogP contribution in [0.15, 0.2) is 12.7 Å². The molecule has 2 aromatic rings. The van der Waals surface area contributed by atoms with Gasteiger partial charge in [0.1, 0.15) is 18.5 Å². The van der Waals surface area contributed by atoms with Gasteiger partial charge in [-0.2, -0.15) is 4.98 Å². The third-order valence-electron chi connectivity index (χ3n) is 4.91. The molecule has 29 heavy (non-hydrogen) atoms. The number of carbonyl (C=O) groups excluding carboxylic acids is 1. The maximum absolute atomic E-state index is 10.8. The van der Waals surface area contributed by atoms with Crippen LogP contribution in [-0.4, -0.2) is 71.2 Å². The summed E-state index contributed by atoms with van der Waals surface area (Å²) in [7, 11) is 3.30. The molecule has 1 aliphatic rings. The Labute approximate surface area is 169 Å². The molecule has 0 aromatic carbocycles. The Morgan fingerprint density at radius 3 is 2.59 bits per heavy atom. The molecule has 3 rings (SSSR count). The fourth-order valence-corrected chi connectivity index (χ4v) is 3.51. The number of fused-ring (bicyclic) bond motifs is 1. The highest BCUT2D eigenvalue weighted by Gasteiger charge is 2.46. The lowest BCUT2D eigenvalue weighted by atomic mass is 10.1. The van der Waals surface area contributed by atoms with E-state index in [0.29, 0.717) is 36.7 Å². The summed E-state index contributed by atoms with van der Waals surface area (Å²) in [6, 6.07) is 0. The number of nitrogens with zero attached hydrogens (tertiary/aromatic N) is 4. The van der Waals surface area contributed by atoms with Crippen molar-refractivity contribution >= 4 is 17.1 Å². The van der Waals surface area contributed by atoms with Crippen molar-refractivity contribution in [2.75, 3.05) is 27.4 Å². The summed E-state index contributed by atoms with van der Waals surface area (Å²) in [5, 5.41) is 0. The van der Waals surface area contributed by atoms with Gasteiger partial charge < -0.3 is 23.7 Å². The molecule has 0 amide bonds. The normalized spacial score (nSPS) is 24.1. The first-order valence-corrected chi connectivity index (χ1v) is 9.75. The first kappa shape index (κ1) is 21.4. The van der Waals surface area contributed by atoms with Gasteiger partial charge in [-0.3, -0.25) is 9.36 Å². The molecule has 1 aliphatic heterocycles. The summed E-state index contributed by atoms with van der Waals surface area (Å²) in [6.45, 7) is 4.26. The Balaban J connectivity index is 1.72. The van der Waals surface area contributed by atoms with Crippen LogP contribution in [-0.2, 0) is 23.7 Å². The Morgan fingerprint density at radius 1 is 1.14 bits per heavy atom. The second-order valence-electron chi connectivity index (χ2n) is 6.77. The van der Waals surface area contributed by atoms with E-state index in [4.69, 9.17) is 23.7 Å². The maximum Gasteiger partial charge on any atom is 0.302 e. The van der Waals surface area contributed by atoms with Crippen molar-refractivity contribution in [3.8, 4) is 5.88 Å². The highest BCUT2D eigenvalue weighted by atomic mass is 16.6. The molecule has 10 heteroatoms. The van der Waals surface area contributed by atoms with Crippen LogP contribution in [0.3, 0.4) is 0 Å². The number of hydrogen-bond donors (Lipinski definition) is 0. The van der Waals surface area contributed by atoms with E-state index in [0.717, 1.165) is 12.8 Å². The van der Waals surface area contributed by atoms with Gasteiger partial charge in [-0.15, -0.1) is 0 Å². The van der Waals surface area contributed by atoms with E-state index >= 15 is 0 Å². The summed E-state index contributed by atoms with van der Waals surface area (Å²) >= 11 is 0. The van der Waals surface area contributed by atoms with Gasteiger partial charge in [0.2, 0.25) is 5.88 Å². The number of methoxy groups -OCH3 is 2. The standard InChI is InChI=1S/C19H28N4O6/c1-5-13-15(25-3)16(26-4)19(29-13)23-11-22-14-17(23)20-10-21-18(14)28-9-7-6-8-27-12(2)24/h10-11,13,15-16,19H,5-9H2,1-4H3/t13-,15+,16?,19-/m1/s1. The quantitative estimate of drug-likeness (QED) is 0.430. The molecule has 4 atom stereocenters. The molecule has 10 nitrogen and oxygen atoms in total.